The average Bonchev–Trinajstić information content (AvgIpc) is 0.818. The van der Waals surface area contributed by atoms with Crippen LogP contribution in [0.4, 0.5) is 105 Å². The summed E-state index contributed by atoms with van der Waals surface area (Å²) in [7, 11) is 6.52. The number of hydrogen-bond donors (Lipinski definition) is 0. The molecular formula is C80H40F24I12N8O4. The molecule has 0 fully saturated rings. The van der Waals surface area contributed by atoms with Crippen molar-refractivity contribution in [2.24, 2.45) is 0 Å². The molecule has 0 atom stereocenters. The van der Waals surface area contributed by atoms with Crippen molar-refractivity contribution < 1.29 is 124 Å². The highest BCUT2D eigenvalue weighted by Crippen LogP contribution is 2.34. The van der Waals surface area contributed by atoms with Crippen molar-refractivity contribution in [1.82, 2.24) is 39.9 Å². The Morgan fingerprint density at radius 1 is 0.164 bits per heavy atom. The maximum absolute atomic E-state index is 12.6. The highest BCUT2D eigenvalue weighted by molar-refractivity contribution is 14.1. The van der Waals surface area contributed by atoms with Crippen molar-refractivity contribution in [3.05, 3.63) is 354 Å². The van der Waals surface area contributed by atoms with Gasteiger partial charge in [0.25, 0.3) is 0 Å². The fraction of sp³-hybridized carbons (Fsp3) is 0.0500. The molecule has 0 aliphatic rings. The lowest BCUT2D eigenvalue weighted by Gasteiger charge is -2.02. The molecule has 0 unspecified atom stereocenters. The van der Waals surface area contributed by atoms with Crippen molar-refractivity contribution in [3.8, 4) is 67.5 Å². The van der Waals surface area contributed by atoms with Gasteiger partial charge in [-0.2, -0.15) is 0 Å². The van der Waals surface area contributed by atoms with E-state index >= 15 is 0 Å². The molecule has 14 rings (SSSR count). The summed E-state index contributed by atoms with van der Waals surface area (Å²) in [5.74, 6) is -29.3. The maximum Gasteiger partial charge on any atom is 0.176 e. The summed E-state index contributed by atoms with van der Waals surface area (Å²) >= 11 is 14.4. The minimum absolute atomic E-state index is 0.664. The summed E-state index contributed by atoms with van der Waals surface area (Å²) < 4.78 is 316. The molecule has 0 N–H and O–H groups in total. The number of methoxy groups -OCH3 is 4. The Labute approximate surface area is 873 Å². The topological polar surface area (TPSA) is 140 Å². The van der Waals surface area contributed by atoms with Gasteiger partial charge in [-0.1, -0.05) is 24.3 Å². The molecule has 0 radical (unpaired) electrons. The van der Waals surface area contributed by atoms with Gasteiger partial charge >= 0.3 is 0 Å². The van der Waals surface area contributed by atoms with Gasteiger partial charge in [-0.05, 0) is 320 Å². The first-order valence-corrected chi connectivity index (χ1v) is 45.9. The highest BCUT2D eigenvalue weighted by Gasteiger charge is 2.28. The molecule has 0 bridgehead atoms. The van der Waals surface area contributed by atoms with Gasteiger partial charge in [0.2, 0.25) is 0 Å². The van der Waals surface area contributed by atoms with E-state index in [4.69, 9.17) is 18.9 Å². The minimum Gasteiger partial charge on any atom is -0.495 e. The zero-order valence-electron chi connectivity index (χ0n) is 63.0. The van der Waals surface area contributed by atoms with Crippen LogP contribution in [0, 0.1) is 182 Å². The Kier molecular flexibility index (Phi) is 49.2. The average molecular weight is 3160 g/mol. The maximum atomic E-state index is 12.6. The molecule has 8 aromatic heterocycles. The monoisotopic (exact) mass is 3160 g/mol. The van der Waals surface area contributed by atoms with Crippen LogP contribution in [0.15, 0.2) is 172 Å². The van der Waals surface area contributed by atoms with Crippen LogP contribution in [0.2, 0.25) is 0 Å². The molecule has 0 saturated heterocycles. The lowest BCUT2D eigenvalue weighted by atomic mass is 10.1. The molecule has 128 heavy (non-hydrogen) atoms. The summed E-state index contributed by atoms with van der Waals surface area (Å²) in [6.45, 7) is 0. The van der Waals surface area contributed by atoms with E-state index in [2.05, 4.69) is 39.9 Å². The largest absolute Gasteiger partial charge is 0.495 e. The van der Waals surface area contributed by atoms with Gasteiger partial charge < -0.3 is 18.9 Å². The van der Waals surface area contributed by atoms with Gasteiger partial charge in [0.05, 0.1) is 96.1 Å². The second-order valence-electron chi connectivity index (χ2n) is 22.7. The lowest BCUT2D eigenvalue weighted by molar-refractivity contribution is 0.413. The molecule has 0 spiro atoms. The van der Waals surface area contributed by atoms with E-state index in [-0.39, 0.29) is 0 Å². The molecule has 48 heteroatoms. The number of pyridine rings is 8. The lowest BCUT2D eigenvalue weighted by Crippen LogP contribution is -2.02. The van der Waals surface area contributed by atoms with E-state index in [9.17, 15) is 105 Å². The van der Waals surface area contributed by atoms with Crippen LogP contribution in [-0.2, 0) is 0 Å². The third kappa shape index (κ3) is 31.4. The first-order chi connectivity index (χ1) is 60.4. The van der Waals surface area contributed by atoms with Gasteiger partial charge in [-0.25, -0.2) is 105 Å². The normalized spacial score (nSPS) is 10.2. The summed E-state index contributed by atoms with van der Waals surface area (Å²) in [6, 6.07) is 23.3. The standard InChI is InChI=1S/4C11H10N2O.6C6F4I2/c4*1-14-11-5-10(7-13-8-11)9-3-2-4-12-6-9;6*7-1-2(8)6(12)4(10)3(9)5(1)11/h4*2-8H,1H3;;;;;;. The van der Waals surface area contributed by atoms with E-state index in [1.165, 1.54) is 271 Å². The third-order valence-corrected chi connectivity index (χ3v) is 26.1. The van der Waals surface area contributed by atoms with Gasteiger partial charge in [0, 0.05) is 119 Å². The second-order valence-corrected chi connectivity index (χ2v) is 35.7. The molecule has 14 aromatic rings. The van der Waals surface area contributed by atoms with Crippen molar-refractivity contribution in [2.75, 3.05) is 28.4 Å². The molecule has 676 valence electrons. The Morgan fingerprint density at radius 2 is 0.273 bits per heavy atom. The summed E-state index contributed by atoms with van der Waals surface area (Å²) in [4.78, 5) is 32.5. The summed E-state index contributed by atoms with van der Waals surface area (Å²) in [5.41, 5.74) is 8.21. The Bertz CT molecular complexity index is 4680. The molecule has 0 saturated carbocycles. The van der Waals surface area contributed by atoms with Crippen LogP contribution in [-0.4, -0.2) is 68.3 Å². The highest BCUT2D eigenvalue weighted by atomic mass is 127. The molecule has 12 nitrogen and oxygen atoms in total. The van der Waals surface area contributed by atoms with E-state index in [1.54, 1.807) is 128 Å². The fourth-order valence-electron chi connectivity index (χ4n) is 8.36. The first kappa shape index (κ1) is 113. The Hall–Kier alpha value is -5.20. The van der Waals surface area contributed by atoms with Crippen LogP contribution in [0.25, 0.3) is 44.5 Å². The molecular weight excluding hydrogens is 3120 g/mol. The number of nitrogens with zero attached hydrogens (tertiary/aromatic N) is 8. The molecule has 0 aliphatic heterocycles. The quantitative estimate of drug-likeness (QED) is 0.0619. The van der Waals surface area contributed by atoms with Crippen LogP contribution >= 0.6 is 271 Å². The van der Waals surface area contributed by atoms with Crippen molar-refractivity contribution in [1.29, 1.82) is 0 Å². The van der Waals surface area contributed by atoms with E-state index in [0.29, 0.717) is 0 Å². The number of aromatic nitrogens is 8. The van der Waals surface area contributed by atoms with Crippen molar-refractivity contribution in [3.63, 3.8) is 0 Å². The number of halogens is 36. The predicted molar refractivity (Wildman–Crippen MR) is 526 cm³/mol. The number of benzene rings is 6. The smallest absolute Gasteiger partial charge is 0.176 e. The second kappa shape index (κ2) is 55.6. The van der Waals surface area contributed by atoms with Gasteiger partial charge in [0.1, 0.15) is 23.0 Å². The van der Waals surface area contributed by atoms with Gasteiger partial charge in [0.15, 0.2) is 140 Å². The number of hydrogen-bond acceptors (Lipinski definition) is 12. The Morgan fingerprint density at radius 3 is 0.367 bits per heavy atom. The van der Waals surface area contributed by atoms with Gasteiger partial charge in [-0.3, -0.25) is 39.9 Å². The van der Waals surface area contributed by atoms with Crippen LogP contribution in [0.3, 0.4) is 0 Å². The fourth-order valence-corrected chi connectivity index (χ4v) is 14.0. The number of ether oxygens (including phenoxy) is 4. The number of rotatable bonds is 8. The first-order valence-electron chi connectivity index (χ1n) is 33.0. The predicted octanol–water partition coefficient (Wildman–Crippen LogP) is 29.3. The third-order valence-electron chi connectivity index (χ3n) is 14.7. The molecule has 8 heterocycles. The van der Waals surface area contributed by atoms with Gasteiger partial charge in [-0.15, -0.1) is 0 Å². The van der Waals surface area contributed by atoms with Crippen LogP contribution in [0.1, 0.15) is 0 Å². The van der Waals surface area contributed by atoms with E-state index < -0.39 is 182 Å². The zero-order chi connectivity index (χ0) is 96.0. The van der Waals surface area contributed by atoms with E-state index in [0.717, 1.165) is 67.5 Å². The molecule has 0 amide bonds. The zero-order valence-corrected chi connectivity index (χ0v) is 88.9. The Balaban J connectivity index is 0.000000252. The molecule has 6 aromatic carbocycles. The van der Waals surface area contributed by atoms with Crippen LogP contribution in [0.5, 0.6) is 23.0 Å². The van der Waals surface area contributed by atoms with Crippen molar-refractivity contribution in [2.45, 2.75) is 0 Å². The minimum atomic E-state index is -1.35. The van der Waals surface area contributed by atoms with Crippen LogP contribution < -0.4 is 18.9 Å². The summed E-state index contributed by atoms with van der Waals surface area (Å²) in [6.07, 6.45) is 28.1. The van der Waals surface area contributed by atoms with E-state index in [1.807, 2.05) is 72.8 Å². The SMILES string of the molecule is COc1cncc(-c2cccnc2)c1.COc1cncc(-c2cccnc2)c1.COc1cncc(-c2cccnc2)c1.COc1cncc(-c2cccnc2)c1.Fc1c(F)c(I)c(F)c(F)c1I.Fc1c(F)c(I)c(F)c(F)c1I.Fc1c(F)c(I)c(F)c(F)c1I.Fc1c(F)c(I)c(F)c(F)c1I.Fc1c(F)c(I)c(F)c(F)c1I.Fc1c(F)c(I)c(F)c(F)c1I. The van der Waals surface area contributed by atoms with Crippen molar-refractivity contribution >= 4 is 271 Å². The molecule has 0 aliphatic carbocycles. The summed E-state index contributed by atoms with van der Waals surface area (Å²) in [5, 5.41) is 0.